The monoisotopic (exact) mass is 638 g/mol. The number of hydrogen-bond acceptors (Lipinski definition) is 6. The molecular formula is C34H46N4O6S. The van der Waals surface area contributed by atoms with E-state index in [0.717, 1.165) is 36.8 Å². The van der Waals surface area contributed by atoms with E-state index >= 15 is 0 Å². The first-order valence-electron chi connectivity index (χ1n) is 15.1. The Morgan fingerprint density at radius 2 is 1.69 bits per heavy atom. The van der Waals surface area contributed by atoms with Crippen LogP contribution in [0, 0.1) is 29.9 Å². The fourth-order valence-corrected chi connectivity index (χ4v) is 5.56. The van der Waals surface area contributed by atoms with Gasteiger partial charge < -0.3 is 10.6 Å². The number of benzene rings is 2. The van der Waals surface area contributed by atoms with Crippen LogP contribution < -0.4 is 15.4 Å². The molecule has 0 spiro atoms. The molecule has 0 heterocycles. The molecule has 0 radical (unpaired) electrons. The molecule has 1 unspecified atom stereocenters. The molecule has 0 aliphatic heterocycles. The number of rotatable bonds is 17. The Bertz CT molecular complexity index is 1560. The number of nitro groups is 1. The maximum atomic E-state index is 13.0. The van der Waals surface area contributed by atoms with Gasteiger partial charge in [-0.2, -0.15) is 0 Å². The Balaban J connectivity index is 1.87. The number of sulfonamides is 1. The van der Waals surface area contributed by atoms with Crippen molar-refractivity contribution in [3.63, 3.8) is 0 Å². The van der Waals surface area contributed by atoms with E-state index in [2.05, 4.69) is 48.3 Å². The van der Waals surface area contributed by atoms with Crippen LogP contribution in [0.2, 0.25) is 0 Å². The van der Waals surface area contributed by atoms with Gasteiger partial charge in [0.1, 0.15) is 0 Å². The third-order valence-corrected chi connectivity index (χ3v) is 8.66. The van der Waals surface area contributed by atoms with Crippen molar-refractivity contribution < 1.29 is 22.9 Å². The number of aryl methyl sites for hydroxylation is 1. The lowest BCUT2D eigenvalue weighted by atomic mass is 9.99. The van der Waals surface area contributed by atoms with Gasteiger partial charge in [0, 0.05) is 18.7 Å². The van der Waals surface area contributed by atoms with E-state index < -0.39 is 32.5 Å². The van der Waals surface area contributed by atoms with Crippen LogP contribution >= 0.6 is 0 Å². The highest BCUT2D eigenvalue weighted by atomic mass is 32.2. The second kappa shape index (κ2) is 17.9. The first-order valence-corrected chi connectivity index (χ1v) is 16.6. The average Bonchev–Trinajstić information content (AvgIpc) is 2.95. The van der Waals surface area contributed by atoms with Gasteiger partial charge in [-0.25, -0.2) is 8.42 Å². The molecule has 3 N–H and O–H groups in total. The molecule has 0 saturated carbocycles. The van der Waals surface area contributed by atoms with Crippen LogP contribution in [0.3, 0.4) is 0 Å². The average molecular weight is 639 g/mol. The fourth-order valence-electron chi connectivity index (χ4n) is 4.40. The molecule has 0 fully saturated rings. The van der Waals surface area contributed by atoms with Crippen LogP contribution in [-0.2, 0) is 19.6 Å². The van der Waals surface area contributed by atoms with Gasteiger partial charge in [-0.15, -0.1) is 0 Å². The lowest BCUT2D eigenvalue weighted by molar-refractivity contribution is -0.419. The summed E-state index contributed by atoms with van der Waals surface area (Å²) in [6.07, 6.45) is 9.68. The van der Waals surface area contributed by atoms with Gasteiger partial charge in [0.15, 0.2) is 0 Å². The number of carbonyl (C=O) groups excluding carboxylic acids is 2. The van der Waals surface area contributed by atoms with Crippen molar-refractivity contribution in [3.8, 4) is 0 Å². The predicted molar refractivity (Wildman–Crippen MR) is 180 cm³/mol. The van der Waals surface area contributed by atoms with Gasteiger partial charge in [-0.1, -0.05) is 48.4 Å². The molecule has 2 rings (SSSR count). The molecule has 0 saturated heterocycles. The van der Waals surface area contributed by atoms with E-state index in [-0.39, 0.29) is 29.5 Å². The summed E-state index contributed by atoms with van der Waals surface area (Å²) in [7, 11) is -3.92. The predicted octanol–water partition coefficient (Wildman–Crippen LogP) is 7.21. The SMILES string of the molecule is CC(C)=CCCC(C)=CCCC(C)CC=C(C(=O)NCCC(=O)Nc1cccc(S(=O)(=O)Nc2cccc(C)c2C)c1)[N+](=O)[O-]. The molecule has 2 aromatic carbocycles. The Labute approximate surface area is 267 Å². The van der Waals surface area contributed by atoms with Gasteiger partial charge in [0.2, 0.25) is 5.91 Å². The number of carbonyl (C=O) groups is 2. The molecule has 2 amide bonds. The second-order valence-corrected chi connectivity index (χ2v) is 13.3. The summed E-state index contributed by atoms with van der Waals surface area (Å²) >= 11 is 0. The quantitative estimate of drug-likeness (QED) is 0.0722. The topological polar surface area (TPSA) is 148 Å². The molecule has 0 bridgehead atoms. The van der Waals surface area contributed by atoms with E-state index in [9.17, 15) is 28.1 Å². The molecule has 1 atom stereocenters. The van der Waals surface area contributed by atoms with Crippen LogP contribution in [-0.4, -0.2) is 31.7 Å². The molecule has 0 aliphatic carbocycles. The Morgan fingerprint density at radius 1 is 0.978 bits per heavy atom. The summed E-state index contributed by atoms with van der Waals surface area (Å²) in [5.74, 6) is -1.20. The maximum Gasteiger partial charge on any atom is 0.329 e. The van der Waals surface area contributed by atoms with Crippen molar-refractivity contribution >= 4 is 33.2 Å². The summed E-state index contributed by atoms with van der Waals surface area (Å²) in [6, 6.07) is 11.1. The standard InChI is InChI=1S/C34H46N4O6S/c1-24(2)11-7-12-25(3)13-8-14-26(4)19-20-32(38(41)42)34(40)35-22-21-33(39)36-29-16-10-17-30(23-29)45(43,44)37-31-18-9-15-27(5)28(31)6/h9-11,13,15-18,20,23,26,37H,7-8,12,14,19,21-22H2,1-6H3,(H,35,40)(H,36,39). The smallest absolute Gasteiger partial charge is 0.329 e. The minimum atomic E-state index is -3.92. The van der Waals surface area contributed by atoms with E-state index in [0.29, 0.717) is 12.1 Å². The highest BCUT2D eigenvalue weighted by Gasteiger charge is 2.22. The number of nitrogens with one attached hydrogen (secondary N) is 3. The van der Waals surface area contributed by atoms with Gasteiger partial charge >= 0.3 is 11.6 Å². The van der Waals surface area contributed by atoms with Crippen molar-refractivity contribution in [2.45, 2.75) is 85.0 Å². The van der Waals surface area contributed by atoms with Gasteiger partial charge in [0.25, 0.3) is 10.0 Å². The number of anilines is 2. The van der Waals surface area contributed by atoms with Crippen molar-refractivity contribution in [2.24, 2.45) is 5.92 Å². The van der Waals surface area contributed by atoms with Gasteiger partial charge in [0.05, 0.1) is 15.5 Å². The van der Waals surface area contributed by atoms with Crippen molar-refractivity contribution in [1.82, 2.24) is 5.32 Å². The Kier molecular flexibility index (Phi) is 14.7. The van der Waals surface area contributed by atoms with Crippen LogP contribution in [0.5, 0.6) is 0 Å². The molecule has 0 aliphatic rings. The number of hydrogen-bond donors (Lipinski definition) is 3. The zero-order valence-corrected chi connectivity index (χ0v) is 27.9. The largest absolute Gasteiger partial charge is 0.346 e. The Hall–Kier alpha value is -4.25. The molecule has 0 aromatic heterocycles. The lowest BCUT2D eigenvalue weighted by Crippen LogP contribution is -2.31. The zero-order chi connectivity index (χ0) is 33.6. The highest BCUT2D eigenvalue weighted by molar-refractivity contribution is 7.92. The van der Waals surface area contributed by atoms with Crippen molar-refractivity contribution in [2.75, 3.05) is 16.6 Å². The highest BCUT2D eigenvalue weighted by Crippen LogP contribution is 2.23. The normalized spacial score (nSPS) is 12.7. The Morgan fingerprint density at radius 3 is 2.38 bits per heavy atom. The first kappa shape index (κ1) is 36.9. The summed E-state index contributed by atoms with van der Waals surface area (Å²) < 4.78 is 28.5. The number of nitrogens with zero attached hydrogens (tertiary/aromatic N) is 1. The third-order valence-electron chi connectivity index (χ3n) is 7.30. The molecule has 11 heteroatoms. The van der Waals surface area contributed by atoms with Gasteiger partial charge in [-0.05, 0) is 114 Å². The molecule has 2 aromatic rings. The molecule has 244 valence electrons. The molecular weight excluding hydrogens is 592 g/mol. The minimum absolute atomic E-state index is 0.0323. The van der Waals surface area contributed by atoms with E-state index in [1.807, 2.05) is 26.8 Å². The zero-order valence-electron chi connectivity index (χ0n) is 27.1. The van der Waals surface area contributed by atoms with Gasteiger partial charge in [-0.3, -0.25) is 24.4 Å². The summed E-state index contributed by atoms with van der Waals surface area (Å²) in [5.41, 5.74) is 4.53. The van der Waals surface area contributed by atoms with E-state index in [1.165, 1.54) is 35.4 Å². The fraction of sp³-hybridized carbons (Fsp3) is 0.412. The molecule has 45 heavy (non-hydrogen) atoms. The van der Waals surface area contributed by atoms with Crippen molar-refractivity contribution in [1.29, 1.82) is 0 Å². The maximum absolute atomic E-state index is 13.0. The van der Waals surface area contributed by atoms with E-state index in [4.69, 9.17) is 0 Å². The lowest BCUT2D eigenvalue weighted by Gasteiger charge is -2.13. The van der Waals surface area contributed by atoms with Crippen LogP contribution in [0.4, 0.5) is 11.4 Å². The van der Waals surface area contributed by atoms with Crippen LogP contribution in [0.15, 0.2) is 82.4 Å². The number of allylic oxidation sites excluding steroid dienone is 5. The number of amides is 2. The molecule has 10 nitrogen and oxygen atoms in total. The first-order chi connectivity index (χ1) is 21.2. The summed E-state index contributed by atoms with van der Waals surface area (Å²) in [4.78, 5) is 35.8. The van der Waals surface area contributed by atoms with Crippen molar-refractivity contribution in [3.05, 3.63) is 98.8 Å². The minimum Gasteiger partial charge on any atom is -0.346 e. The summed E-state index contributed by atoms with van der Waals surface area (Å²) in [5, 5.41) is 16.6. The third kappa shape index (κ3) is 13.1. The summed E-state index contributed by atoms with van der Waals surface area (Å²) in [6.45, 7) is 11.8. The second-order valence-electron chi connectivity index (χ2n) is 11.6. The van der Waals surface area contributed by atoms with E-state index in [1.54, 1.807) is 18.2 Å². The van der Waals surface area contributed by atoms with Crippen LogP contribution in [0.25, 0.3) is 0 Å². The van der Waals surface area contributed by atoms with Crippen LogP contribution in [0.1, 0.15) is 77.3 Å².